The molecule has 0 N–H and O–H groups in total. The van der Waals surface area contributed by atoms with Crippen molar-refractivity contribution < 1.29 is 9.53 Å². The molecular formula is C21H16N2O2. The number of hydrogen-bond acceptors (Lipinski definition) is 3. The molecule has 0 aromatic heterocycles. The van der Waals surface area contributed by atoms with Crippen LogP contribution >= 0.6 is 0 Å². The van der Waals surface area contributed by atoms with Crippen molar-refractivity contribution in [2.75, 3.05) is 6.61 Å². The molecule has 0 heterocycles. The van der Waals surface area contributed by atoms with E-state index in [1.165, 1.54) is 0 Å². The molecule has 0 atom stereocenters. The maximum Gasteiger partial charge on any atom is 0.338 e. The first-order valence-corrected chi connectivity index (χ1v) is 8.15. The fraction of sp³-hybridized carbons (Fsp3) is 0.190. The highest BCUT2D eigenvalue weighted by Crippen LogP contribution is 2.47. The molecule has 0 saturated heterocycles. The van der Waals surface area contributed by atoms with Gasteiger partial charge in [-0.3, -0.25) is 0 Å². The Morgan fingerprint density at radius 3 is 2.56 bits per heavy atom. The second-order valence-corrected chi connectivity index (χ2v) is 5.71. The van der Waals surface area contributed by atoms with Crippen LogP contribution < -0.4 is 0 Å². The number of carbonyl (C=O) groups is 1. The van der Waals surface area contributed by atoms with Gasteiger partial charge < -0.3 is 4.74 Å². The Morgan fingerprint density at radius 2 is 1.88 bits per heavy atom. The van der Waals surface area contributed by atoms with Crippen LogP contribution in [-0.2, 0) is 4.74 Å². The molecule has 0 aliphatic heterocycles. The molecule has 0 radical (unpaired) electrons. The highest BCUT2D eigenvalue weighted by molar-refractivity contribution is 6.10. The van der Waals surface area contributed by atoms with Crippen LogP contribution in [0.25, 0.3) is 21.5 Å². The first-order chi connectivity index (χ1) is 12.2. The average molecular weight is 328 g/mol. The number of benzene rings is 2. The molecule has 0 bridgehead atoms. The number of rotatable bonds is 4. The number of ether oxygens (including phenoxy) is 1. The van der Waals surface area contributed by atoms with Gasteiger partial charge >= 0.3 is 5.97 Å². The minimum Gasteiger partial charge on any atom is -0.462 e. The summed E-state index contributed by atoms with van der Waals surface area (Å²) in [5.41, 5.74) is 4.22. The number of nitrogens with zero attached hydrogens (tertiary/aromatic N) is 2. The smallest absolute Gasteiger partial charge is 0.338 e. The summed E-state index contributed by atoms with van der Waals surface area (Å²) in [6, 6.07) is 14.8. The van der Waals surface area contributed by atoms with Crippen molar-refractivity contribution >= 4 is 11.5 Å². The van der Waals surface area contributed by atoms with Gasteiger partial charge in [-0.2, -0.15) is 0 Å². The van der Waals surface area contributed by atoms with Crippen molar-refractivity contribution in [1.29, 1.82) is 5.26 Å². The Kier molecular flexibility index (Phi) is 4.64. The second kappa shape index (κ2) is 7.03. The van der Waals surface area contributed by atoms with E-state index in [-0.39, 0.29) is 11.7 Å². The zero-order valence-electron chi connectivity index (χ0n) is 13.9. The van der Waals surface area contributed by atoms with Crippen molar-refractivity contribution in [3.05, 3.63) is 76.3 Å². The Hall–Kier alpha value is -3.37. The normalized spacial score (nSPS) is 13.2. The summed E-state index contributed by atoms with van der Waals surface area (Å²) in [6.07, 6.45) is 1.77. The molecule has 1 aliphatic rings. The molecule has 4 nitrogen and oxygen atoms in total. The quantitative estimate of drug-likeness (QED) is 0.298. The third-order valence-corrected chi connectivity index (χ3v) is 4.21. The largest absolute Gasteiger partial charge is 0.462 e. The highest BCUT2D eigenvalue weighted by atomic mass is 16.5. The summed E-state index contributed by atoms with van der Waals surface area (Å²) in [6.45, 7) is 9.73. The summed E-state index contributed by atoms with van der Waals surface area (Å²) >= 11 is 0. The first kappa shape index (κ1) is 16.5. The van der Waals surface area contributed by atoms with Crippen LogP contribution in [-0.4, -0.2) is 12.6 Å². The zero-order chi connectivity index (χ0) is 17.8. The molecule has 2 aromatic rings. The van der Waals surface area contributed by atoms with Gasteiger partial charge in [0.15, 0.2) is 0 Å². The van der Waals surface area contributed by atoms with Crippen LogP contribution in [0.2, 0.25) is 0 Å². The fourth-order valence-corrected chi connectivity index (χ4v) is 3.06. The summed E-state index contributed by atoms with van der Waals surface area (Å²) in [5.74, 6) is -0.373. The summed E-state index contributed by atoms with van der Waals surface area (Å²) in [7, 11) is 0. The van der Waals surface area contributed by atoms with E-state index < -0.39 is 0 Å². The van der Waals surface area contributed by atoms with Gasteiger partial charge in [-0.05, 0) is 29.2 Å². The summed E-state index contributed by atoms with van der Waals surface area (Å²) < 4.78 is 5.38. The minimum atomic E-state index is -0.373. The zero-order valence-corrected chi connectivity index (χ0v) is 13.9. The third kappa shape index (κ3) is 2.79. The number of nitriles is 1. The predicted molar refractivity (Wildman–Crippen MR) is 95.3 cm³/mol. The molecule has 3 rings (SSSR count). The van der Waals surface area contributed by atoms with E-state index in [0.717, 1.165) is 35.1 Å². The van der Waals surface area contributed by atoms with Crippen LogP contribution in [0, 0.1) is 17.9 Å². The summed E-state index contributed by atoms with van der Waals surface area (Å²) in [5, 5.41) is 9.35. The van der Waals surface area contributed by atoms with Crippen LogP contribution in [0.3, 0.4) is 0 Å². The lowest BCUT2D eigenvalue weighted by atomic mass is 9.99. The standard InChI is InChI=1S/C21H16N2O2/c1-3-4-12-25-21(24)17-11-7-10-16-19(17)14-8-5-6-9-15(14)20(16)18(13-22)23-2/h5-11H,3-4,12H2,1H3. The molecule has 25 heavy (non-hydrogen) atoms. The van der Waals surface area contributed by atoms with E-state index in [2.05, 4.69) is 4.85 Å². The topological polar surface area (TPSA) is 54.5 Å². The van der Waals surface area contributed by atoms with E-state index in [4.69, 9.17) is 11.3 Å². The van der Waals surface area contributed by atoms with E-state index in [0.29, 0.717) is 17.7 Å². The van der Waals surface area contributed by atoms with Crippen molar-refractivity contribution in [3.63, 3.8) is 0 Å². The van der Waals surface area contributed by atoms with Crippen molar-refractivity contribution in [2.45, 2.75) is 19.8 Å². The predicted octanol–water partition coefficient (Wildman–Crippen LogP) is 4.83. The third-order valence-electron chi connectivity index (χ3n) is 4.21. The molecule has 0 amide bonds. The monoisotopic (exact) mass is 328 g/mol. The van der Waals surface area contributed by atoms with Gasteiger partial charge in [0, 0.05) is 11.1 Å². The van der Waals surface area contributed by atoms with Gasteiger partial charge in [0.1, 0.15) is 0 Å². The van der Waals surface area contributed by atoms with E-state index >= 15 is 0 Å². The molecular weight excluding hydrogens is 312 g/mol. The molecule has 0 saturated carbocycles. The molecule has 0 fully saturated rings. The molecule has 4 heteroatoms. The van der Waals surface area contributed by atoms with E-state index in [1.54, 1.807) is 12.1 Å². The number of esters is 1. The van der Waals surface area contributed by atoms with Crippen LogP contribution in [0.1, 0.15) is 41.3 Å². The van der Waals surface area contributed by atoms with Gasteiger partial charge in [-0.15, -0.1) is 0 Å². The lowest BCUT2D eigenvalue weighted by Crippen LogP contribution is -2.08. The highest BCUT2D eigenvalue weighted by Gasteiger charge is 2.30. The molecule has 2 aromatic carbocycles. The van der Waals surface area contributed by atoms with Crippen LogP contribution in [0.15, 0.2) is 48.2 Å². The Labute approximate surface area is 146 Å². The lowest BCUT2D eigenvalue weighted by molar-refractivity contribution is 0.0500. The number of allylic oxidation sites excluding steroid dienone is 1. The van der Waals surface area contributed by atoms with Gasteiger partial charge in [0.25, 0.3) is 5.70 Å². The molecule has 1 aliphatic carbocycles. The number of carbonyl (C=O) groups excluding carboxylic acids is 1. The van der Waals surface area contributed by atoms with Crippen molar-refractivity contribution in [3.8, 4) is 17.2 Å². The van der Waals surface area contributed by atoms with Crippen LogP contribution in [0.5, 0.6) is 0 Å². The molecule has 0 unspecified atom stereocenters. The minimum absolute atomic E-state index is 0.0303. The molecule has 0 spiro atoms. The Morgan fingerprint density at radius 1 is 1.16 bits per heavy atom. The van der Waals surface area contributed by atoms with Gasteiger partial charge in [-0.1, -0.05) is 49.7 Å². The SMILES string of the molecule is [C-]#[N+]C(C#N)=C1c2ccccc2-c2c(C(=O)OCCCC)cccc21. The number of fused-ring (bicyclic) bond motifs is 3. The van der Waals surface area contributed by atoms with Crippen LogP contribution in [0.4, 0.5) is 0 Å². The Bertz CT molecular complexity index is 943. The Balaban J connectivity index is 2.21. The summed E-state index contributed by atoms with van der Waals surface area (Å²) in [4.78, 5) is 15.9. The lowest BCUT2D eigenvalue weighted by Gasteiger charge is -2.09. The maximum atomic E-state index is 12.5. The number of hydrogen-bond donors (Lipinski definition) is 0. The fourth-order valence-electron chi connectivity index (χ4n) is 3.06. The van der Waals surface area contributed by atoms with Gasteiger partial charge in [0.2, 0.25) is 0 Å². The average Bonchev–Trinajstić information content (AvgIpc) is 2.98. The van der Waals surface area contributed by atoms with Gasteiger partial charge in [-0.25, -0.2) is 14.9 Å². The van der Waals surface area contributed by atoms with Crippen molar-refractivity contribution in [1.82, 2.24) is 0 Å². The molecule has 122 valence electrons. The second-order valence-electron chi connectivity index (χ2n) is 5.71. The van der Waals surface area contributed by atoms with Crippen molar-refractivity contribution in [2.24, 2.45) is 0 Å². The first-order valence-electron chi connectivity index (χ1n) is 8.15. The van der Waals surface area contributed by atoms with Gasteiger partial charge in [0.05, 0.1) is 24.8 Å². The van der Waals surface area contributed by atoms with E-state index in [1.807, 2.05) is 43.3 Å². The van der Waals surface area contributed by atoms with E-state index in [9.17, 15) is 10.1 Å². The number of unbranched alkanes of at least 4 members (excludes halogenated alkanes) is 1. The maximum absolute atomic E-state index is 12.5.